The summed E-state index contributed by atoms with van der Waals surface area (Å²) in [6, 6.07) is 16.5. The van der Waals surface area contributed by atoms with Crippen molar-refractivity contribution >= 4 is 17.5 Å². The molecule has 7 heteroatoms. The van der Waals surface area contributed by atoms with Crippen molar-refractivity contribution < 1.29 is 9.53 Å². The third-order valence-electron chi connectivity index (χ3n) is 8.64. The zero-order valence-electron chi connectivity index (χ0n) is 24.0. The van der Waals surface area contributed by atoms with Gasteiger partial charge in [0.15, 0.2) is 0 Å². The summed E-state index contributed by atoms with van der Waals surface area (Å²) in [6.07, 6.45) is 13.1. The highest BCUT2D eigenvalue weighted by atomic mass is 35.5. The fraction of sp³-hybridized carbons (Fsp3) is 0.515. The van der Waals surface area contributed by atoms with E-state index in [-0.39, 0.29) is 11.3 Å². The number of amides is 1. The lowest BCUT2D eigenvalue weighted by atomic mass is 9.77. The first kappa shape index (κ1) is 28.7. The largest absolute Gasteiger partial charge is 0.493 e. The summed E-state index contributed by atoms with van der Waals surface area (Å²) in [5.74, 6) is 0.962. The quantitative estimate of drug-likeness (QED) is 0.265. The van der Waals surface area contributed by atoms with Gasteiger partial charge >= 0.3 is 0 Å². The van der Waals surface area contributed by atoms with Crippen LogP contribution in [-0.2, 0) is 17.9 Å². The van der Waals surface area contributed by atoms with Gasteiger partial charge in [-0.2, -0.15) is 5.10 Å². The molecular weight excluding hydrogens is 520 g/mol. The Morgan fingerprint density at radius 1 is 1.10 bits per heavy atom. The molecule has 1 aliphatic heterocycles. The number of nitrogens with zero attached hydrogens (tertiary/aromatic N) is 4. The van der Waals surface area contributed by atoms with Crippen molar-refractivity contribution in [2.45, 2.75) is 77.4 Å². The second-order valence-corrected chi connectivity index (χ2v) is 12.5. The highest BCUT2D eigenvalue weighted by Crippen LogP contribution is 2.36. The molecule has 0 radical (unpaired) electrons. The maximum absolute atomic E-state index is 13.6. The highest BCUT2D eigenvalue weighted by molar-refractivity contribution is 6.31. The van der Waals surface area contributed by atoms with Gasteiger partial charge < -0.3 is 9.64 Å². The minimum Gasteiger partial charge on any atom is -0.493 e. The Hall–Kier alpha value is -2.83. The summed E-state index contributed by atoms with van der Waals surface area (Å²) in [5.41, 5.74) is 3.11. The molecule has 2 fully saturated rings. The number of hydrogen-bond acceptors (Lipinski definition) is 4. The normalized spacial score (nSPS) is 20.4. The zero-order valence-corrected chi connectivity index (χ0v) is 24.8. The van der Waals surface area contributed by atoms with Gasteiger partial charge in [0.25, 0.3) is 0 Å². The fourth-order valence-corrected chi connectivity index (χ4v) is 6.48. The third kappa shape index (κ3) is 7.46. The predicted octanol–water partition coefficient (Wildman–Crippen LogP) is 7.06. The summed E-state index contributed by atoms with van der Waals surface area (Å²) in [4.78, 5) is 17.9. The van der Waals surface area contributed by atoms with E-state index in [1.807, 2.05) is 61.5 Å². The molecule has 0 bridgehead atoms. The Balaban J connectivity index is 1.29. The first-order chi connectivity index (χ1) is 19.4. The minimum atomic E-state index is -0.271. The Morgan fingerprint density at radius 2 is 1.90 bits per heavy atom. The number of aryl methyl sites for hydroxylation is 1. The SMILES string of the molecule is Cc1cc(OC[C@]2(CC(=O)N(C)Cc3ccccc3)CCCN(Cc3cnn(C4CCCCC4)c3)C2)ccc1Cl. The van der Waals surface area contributed by atoms with Crippen LogP contribution in [0.4, 0.5) is 0 Å². The van der Waals surface area contributed by atoms with E-state index in [0.717, 1.165) is 54.4 Å². The van der Waals surface area contributed by atoms with Crippen LogP contribution in [0.5, 0.6) is 5.75 Å². The number of carbonyl (C=O) groups is 1. The van der Waals surface area contributed by atoms with Gasteiger partial charge in [0.1, 0.15) is 5.75 Å². The molecule has 2 aliphatic rings. The van der Waals surface area contributed by atoms with E-state index in [1.54, 1.807) is 0 Å². The number of likely N-dealkylation sites (tertiary alicyclic amines) is 1. The third-order valence-corrected chi connectivity index (χ3v) is 9.06. The van der Waals surface area contributed by atoms with E-state index in [0.29, 0.717) is 25.6 Å². The number of piperidine rings is 1. The van der Waals surface area contributed by atoms with Gasteiger partial charge in [-0.3, -0.25) is 14.4 Å². The van der Waals surface area contributed by atoms with Crippen LogP contribution >= 0.6 is 11.6 Å². The second kappa shape index (κ2) is 13.2. The molecule has 1 saturated carbocycles. The summed E-state index contributed by atoms with van der Waals surface area (Å²) >= 11 is 6.26. The molecule has 2 aromatic carbocycles. The Bertz CT molecular complexity index is 1260. The number of halogens is 1. The fourth-order valence-electron chi connectivity index (χ4n) is 6.37. The smallest absolute Gasteiger partial charge is 0.223 e. The van der Waals surface area contributed by atoms with E-state index in [4.69, 9.17) is 21.4 Å². The molecule has 3 aromatic rings. The van der Waals surface area contributed by atoms with Crippen LogP contribution in [0.25, 0.3) is 0 Å². The van der Waals surface area contributed by atoms with E-state index in [1.165, 1.54) is 37.7 Å². The molecule has 0 unspecified atom stereocenters. The van der Waals surface area contributed by atoms with Crippen molar-refractivity contribution in [2.24, 2.45) is 5.41 Å². The van der Waals surface area contributed by atoms with Crippen molar-refractivity contribution in [1.29, 1.82) is 0 Å². The molecule has 1 atom stereocenters. The van der Waals surface area contributed by atoms with Crippen LogP contribution in [0.2, 0.25) is 5.02 Å². The van der Waals surface area contributed by atoms with Gasteiger partial charge in [0, 0.05) is 55.3 Å². The average Bonchev–Trinajstić information content (AvgIpc) is 3.43. The molecule has 1 saturated heterocycles. The first-order valence-corrected chi connectivity index (χ1v) is 15.2. The van der Waals surface area contributed by atoms with E-state index in [9.17, 15) is 4.79 Å². The molecular formula is C33H43ClN4O2. The molecule has 1 amide bonds. The Labute approximate surface area is 244 Å². The summed E-state index contributed by atoms with van der Waals surface area (Å²) < 4.78 is 8.59. The van der Waals surface area contributed by atoms with Gasteiger partial charge in [0.05, 0.1) is 18.8 Å². The maximum atomic E-state index is 13.6. The van der Waals surface area contributed by atoms with Crippen LogP contribution in [0.1, 0.15) is 74.1 Å². The summed E-state index contributed by atoms with van der Waals surface area (Å²) in [7, 11) is 1.91. The standard InChI is InChI=1S/C33H43ClN4O2/c1-26-18-30(14-15-31(26)34)40-25-33(19-32(39)36(2)21-27-10-5-3-6-11-27)16-9-17-37(24-33)22-28-20-35-38(23-28)29-12-7-4-8-13-29/h3,5-6,10-11,14-15,18,20,23,29H,4,7-9,12-13,16-17,19,21-22,24-25H2,1-2H3/t33-/m0/s1. The van der Waals surface area contributed by atoms with Crippen LogP contribution in [-0.4, -0.2) is 52.2 Å². The topological polar surface area (TPSA) is 50.6 Å². The van der Waals surface area contributed by atoms with Gasteiger partial charge in [-0.15, -0.1) is 0 Å². The van der Waals surface area contributed by atoms with E-state index >= 15 is 0 Å². The van der Waals surface area contributed by atoms with Crippen molar-refractivity contribution in [1.82, 2.24) is 19.6 Å². The number of carbonyl (C=O) groups excluding carboxylic acids is 1. The van der Waals surface area contributed by atoms with Crippen molar-refractivity contribution in [3.05, 3.63) is 82.6 Å². The molecule has 0 N–H and O–H groups in total. The maximum Gasteiger partial charge on any atom is 0.223 e. The molecule has 2 heterocycles. The molecule has 5 rings (SSSR count). The summed E-state index contributed by atoms with van der Waals surface area (Å²) in [6.45, 7) is 5.78. The molecule has 0 spiro atoms. The Morgan fingerprint density at radius 3 is 2.67 bits per heavy atom. The van der Waals surface area contributed by atoms with Crippen molar-refractivity contribution in [2.75, 3.05) is 26.7 Å². The van der Waals surface area contributed by atoms with E-state index in [2.05, 4.69) is 27.9 Å². The number of ether oxygens (including phenoxy) is 1. The molecule has 1 aliphatic carbocycles. The first-order valence-electron chi connectivity index (χ1n) is 14.8. The lowest BCUT2D eigenvalue weighted by molar-refractivity contribution is -0.135. The average molecular weight is 563 g/mol. The van der Waals surface area contributed by atoms with E-state index < -0.39 is 0 Å². The molecule has 1 aromatic heterocycles. The van der Waals surface area contributed by atoms with Crippen molar-refractivity contribution in [3.63, 3.8) is 0 Å². The van der Waals surface area contributed by atoms with Gasteiger partial charge in [-0.1, -0.05) is 61.2 Å². The lowest BCUT2D eigenvalue weighted by Crippen LogP contribution is -2.48. The monoisotopic (exact) mass is 562 g/mol. The Kier molecular flexibility index (Phi) is 9.48. The van der Waals surface area contributed by atoms with Crippen LogP contribution in [0.15, 0.2) is 60.9 Å². The molecule has 6 nitrogen and oxygen atoms in total. The number of rotatable bonds is 10. The van der Waals surface area contributed by atoms with Gasteiger partial charge in [-0.25, -0.2) is 0 Å². The van der Waals surface area contributed by atoms with Crippen LogP contribution < -0.4 is 4.74 Å². The van der Waals surface area contributed by atoms with Crippen LogP contribution in [0, 0.1) is 12.3 Å². The second-order valence-electron chi connectivity index (χ2n) is 12.0. The van der Waals surface area contributed by atoms with Crippen molar-refractivity contribution in [3.8, 4) is 5.75 Å². The zero-order chi connectivity index (χ0) is 28.0. The molecule has 214 valence electrons. The predicted molar refractivity (Wildman–Crippen MR) is 161 cm³/mol. The van der Waals surface area contributed by atoms with Crippen LogP contribution in [0.3, 0.4) is 0 Å². The highest BCUT2D eigenvalue weighted by Gasteiger charge is 2.39. The summed E-state index contributed by atoms with van der Waals surface area (Å²) in [5, 5.41) is 5.47. The number of aromatic nitrogens is 2. The minimum absolute atomic E-state index is 0.159. The van der Waals surface area contributed by atoms with Gasteiger partial charge in [-0.05, 0) is 68.5 Å². The lowest BCUT2D eigenvalue weighted by Gasteiger charge is -2.43. The molecule has 40 heavy (non-hydrogen) atoms. The van der Waals surface area contributed by atoms with Gasteiger partial charge in [0.2, 0.25) is 5.91 Å². The number of benzene rings is 2. The number of hydrogen-bond donors (Lipinski definition) is 0.